The number of rotatable bonds is 8. The molecule has 0 saturated carbocycles. The number of anilines is 1. The zero-order valence-electron chi connectivity index (χ0n) is 19.8. The Labute approximate surface area is 198 Å². The monoisotopic (exact) mass is 492 g/mol. The van der Waals surface area contributed by atoms with E-state index in [1.807, 2.05) is 11.5 Å². The van der Waals surface area contributed by atoms with Crippen LogP contribution in [0.4, 0.5) is 5.69 Å². The number of hydrogen-bond acceptors (Lipinski definition) is 8. The number of aryl methyl sites for hydroxylation is 1. The third kappa shape index (κ3) is 5.24. The van der Waals surface area contributed by atoms with Crippen LogP contribution in [-0.2, 0) is 19.4 Å². The van der Waals surface area contributed by atoms with Gasteiger partial charge < -0.3 is 24.1 Å². The van der Waals surface area contributed by atoms with Crippen molar-refractivity contribution in [2.24, 2.45) is 0 Å². The summed E-state index contributed by atoms with van der Waals surface area (Å²) >= 11 is 0. The maximum atomic E-state index is 12.9. The molecule has 0 bridgehead atoms. The van der Waals surface area contributed by atoms with E-state index >= 15 is 0 Å². The minimum atomic E-state index is -3.09. The van der Waals surface area contributed by atoms with Crippen molar-refractivity contribution in [2.45, 2.75) is 33.2 Å². The highest BCUT2D eigenvalue weighted by molar-refractivity contribution is 7.91. The van der Waals surface area contributed by atoms with E-state index in [1.54, 1.807) is 13.0 Å². The predicted octanol–water partition coefficient (Wildman–Crippen LogP) is 2.48. The van der Waals surface area contributed by atoms with Crippen LogP contribution in [0.3, 0.4) is 0 Å². The van der Waals surface area contributed by atoms with Crippen LogP contribution in [0.1, 0.15) is 51.5 Å². The highest BCUT2D eigenvalue weighted by Crippen LogP contribution is 2.34. The van der Waals surface area contributed by atoms with Gasteiger partial charge in [0.05, 0.1) is 37.0 Å². The van der Waals surface area contributed by atoms with Gasteiger partial charge >= 0.3 is 5.97 Å². The van der Waals surface area contributed by atoms with E-state index in [0.717, 1.165) is 5.69 Å². The van der Waals surface area contributed by atoms with Crippen LogP contribution in [0.5, 0.6) is 11.5 Å². The number of ether oxygens (including phenoxy) is 3. The van der Waals surface area contributed by atoms with Crippen molar-refractivity contribution in [3.63, 3.8) is 0 Å². The lowest BCUT2D eigenvalue weighted by Gasteiger charge is -2.16. The average molecular weight is 493 g/mol. The molecule has 1 unspecified atom stereocenters. The first-order valence-corrected chi connectivity index (χ1v) is 12.4. The predicted molar refractivity (Wildman–Crippen MR) is 125 cm³/mol. The van der Waals surface area contributed by atoms with Gasteiger partial charge in [-0.25, -0.2) is 13.2 Å². The molecule has 0 radical (unpaired) electrons. The van der Waals surface area contributed by atoms with Crippen LogP contribution in [0.15, 0.2) is 18.2 Å². The SMILES string of the molecule is COc1cc(NC(C)=O)c(C(=O)OCC(=O)c2cc(C)n(C3CCS(=O)(=O)C3)c2C)cc1OC. The van der Waals surface area contributed by atoms with E-state index in [9.17, 15) is 22.8 Å². The fourth-order valence-corrected chi connectivity index (χ4v) is 5.93. The average Bonchev–Trinajstić information content (AvgIpc) is 3.28. The van der Waals surface area contributed by atoms with Gasteiger partial charge in [-0.15, -0.1) is 0 Å². The van der Waals surface area contributed by atoms with Crippen molar-refractivity contribution in [1.29, 1.82) is 0 Å². The molecule has 1 aromatic heterocycles. The maximum absolute atomic E-state index is 12.9. The van der Waals surface area contributed by atoms with Crippen molar-refractivity contribution in [2.75, 3.05) is 37.6 Å². The quantitative estimate of drug-likeness (QED) is 0.439. The number of nitrogens with zero attached hydrogens (tertiary/aromatic N) is 1. The van der Waals surface area contributed by atoms with E-state index in [2.05, 4.69) is 5.32 Å². The Morgan fingerprint density at radius 2 is 1.71 bits per heavy atom. The first kappa shape index (κ1) is 25.3. The van der Waals surface area contributed by atoms with Gasteiger partial charge in [0.2, 0.25) is 11.7 Å². The second kappa shape index (κ2) is 9.88. The lowest BCUT2D eigenvalue weighted by atomic mass is 10.1. The highest BCUT2D eigenvalue weighted by Gasteiger charge is 2.32. The summed E-state index contributed by atoms with van der Waals surface area (Å²) in [6, 6.07) is 4.25. The normalized spacial score (nSPS) is 16.7. The van der Waals surface area contributed by atoms with E-state index in [-0.39, 0.29) is 34.5 Å². The molecule has 1 saturated heterocycles. The highest BCUT2D eigenvalue weighted by atomic mass is 32.2. The number of hydrogen-bond donors (Lipinski definition) is 1. The van der Waals surface area contributed by atoms with Crippen LogP contribution >= 0.6 is 0 Å². The molecule has 1 amide bonds. The van der Waals surface area contributed by atoms with Crippen molar-refractivity contribution in [3.8, 4) is 11.5 Å². The van der Waals surface area contributed by atoms with Crippen molar-refractivity contribution in [3.05, 3.63) is 40.7 Å². The van der Waals surface area contributed by atoms with Crippen LogP contribution in [-0.4, -0.2) is 63.0 Å². The minimum absolute atomic E-state index is 0.00212. The lowest BCUT2D eigenvalue weighted by molar-refractivity contribution is -0.114. The summed E-state index contributed by atoms with van der Waals surface area (Å²) in [5, 5.41) is 2.54. The fraction of sp³-hybridized carbons (Fsp3) is 0.435. The Morgan fingerprint density at radius 1 is 1.06 bits per heavy atom. The molecule has 11 heteroatoms. The molecule has 184 valence electrons. The Kier molecular flexibility index (Phi) is 7.35. The second-order valence-corrected chi connectivity index (χ2v) is 10.4. The van der Waals surface area contributed by atoms with Crippen LogP contribution in [0.2, 0.25) is 0 Å². The molecule has 1 fully saturated rings. The Bertz CT molecular complexity index is 1250. The maximum Gasteiger partial charge on any atom is 0.340 e. The number of carbonyl (C=O) groups excluding carboxylic acids is 3. The molecule has 1 N–H and O–H groups in total. The van der Waals surface area contributed by atoms with Gasteiger partial charge in [-0.3, -0.25) is 9.59 Å². The molecule has 0 spiro atoms. The number of benzene rings is 1. The summed E-state index contributed by atoms with van der Waals surface area (Å²) in [5.41, 5.74) is 1.92. The molecule has 3 rings (SSSR count). The molecule has 2 aromatic rings. The van der Waals surface area contributed by atoms with E-state index in [0.29, 0.717) is 23.4 Å². The van der Waals surface area contributed by atoms with Gasteiger partial charge in [0, 0.05) is 42.0 Å². The standard InChI is InChI=1S/C23H28N2O8S/c1-13-8-17(14(2)25(13)16-6-7-34(29,30)12-16)20(27)11-33-23(28)18-9-21(31-4)22(32-5)10-19(18)24-15(3)26/h8-10,16H,6-7,11-12H2,1-5H3,(H,24,26). The van der Waals surface area contributed by atoms with Gasteiger partial charge in [-0.2, -0.15) is 0 Å². The largest absolute Gasteiger partial charge is 0.493 e. The molecule has 1 atom stereocenters. The number of sulfone groups is 1. The topological polar surface area (TPSA) is 130 Å². The minimum Gasteiger partial charge on any atom is -0.493 e. The van der Waals surface area contributed by atoms with Crippen LogP contribution in [0, 0.1) is 13.8 Å². The number of nitrogens with one attached hydrogen (secondary N) is 1. The summed E-state index contributed by atoms with van der Waals surface area (Å²) in [7, 11) is -0.265. The number of carbonyl (C=O) groups is 3. The van der Waals surface area contributed by atoms with E-state index in [4.69, 9.17) is 14.2 Å². The van der Waals surface area contributed by atoms with Crippen molar-refractivity contribution < 1.29 is 37.0 Å². The van der Waals surface area contributed by atoms with E-state index in [1.165, 1.54) is 33.3 Å². The number of aromatic nitrogens is 1. The molecule has 10 nitrogen and oxygen atoms in total. The molecule has 2 heterocycles. The molecule has 1 aliphatic heterocycles. The summed E-state index contributed by atoms with van der Waals surface area (Å²) in [4.78, 5) is 37.3. The van der Waals surface area contributed by atoms with Crippen molar-refractivity contribution in [1.82, 2.24) is 4.57 Å². The Morgan fingerprint density at radius 3 is 2.26 bits per heavy atom. The first-order chi connectivity index (χ1) is 16.0. The molecule has 34 heavy (non-hydrogen) atoms. The van der Waals surface area contributed by atoms with Gasteiger partial charge in [0.1, 0.15) is 0 Å². The zero-order chi connectivity index (χ0) is 25.2. The fourth-order valence-electron chi connectivity index (χ4n) is 4.23. The molecular formula is C23H28N2O8S. The lowest BCUT2D eigenvalue weighted by Crippen LogP contribution is -2.18. The summed E-state index contributed by atoms with van der Waals surface area (Å²) in [5.74, 6) is -0.929. The third-order valence-electron chi connectivity index (χ3n) is 5.75. The third-order valence-corrected chi connectivity index (χ3v) is 7.50. The summed E-state index contributed by atoms with van der Waals surface area (Å²) in [6.07, 6.45) is 0.493. The van der Waals surface area contributed by atoms with Crippen LogP contribution < -0.4 is 14.8 Å². The summed E-state index contributed by atoms with van der Waals surface area (Å²) in [6.45, 7) is 4.32. The molecule has 0 aliphatic carbocycles. The molecular weight excluding hydrogens is 464 g/mol. The number of esters is 1. The Balaban J connectivity index is 1.80. The summed E-state index contributed by atoms with van der Waals surface area (Å²) < 4.78 is 41.3. The van der Waals surface area contributed by atoms with Crippen molar-refractivity contribution >= 4 is 33.2 Å². The number of amides is 1. The van der Waals surface area contributed by atoms with E-state index < -0.39 is 34.1 Å². The first-order valence-electron chi connectivity index (χ1n) is 10.6. The van der Waals surface area contributed by atoms with Gasteiger partial charge in [0.25, 0.3) is 0 Å². The van der Waals surface area contributed by atoms with Gasteiger partial charge in [-0.05, 0) is 26.3 Å². The molecule has 1 aromatic carbocycles. The van der Waals surface area contributed by atoms with Gasteiger partial charge in [0.15, 0.2) is 27.9 Å². The smallest absolute Gasteiger partial charge is 0.340 e. The Hall–Kier alpha value is -3.34. The van der Waals surface area contributed by atoms with Crippen LogP contribution in [0.25, 0.3) is 0 Å². The second-order valence-electron chi connectivity index (χ2n) is 8.14. The van der Waals surface area contributed by atoms with Gasteiger partial charge in [-0.1, -0.05) is 0 Å². The number of ketones is 1. The zero-order valence-corrected chi connectivity index (χ0v) is 20.6. The number of methoxy groups -OCH3 is 2. The molecule has 1 aliphatic rings. The number of Topliss-reactive ketones (excluding diaryl/α,β-unsaturated/α-hetero) is 1.